The fourth-order valence-corrected chi connectivity index (χ4v) is 3.81. The number of benzene rings is 2. The van der Waals surface area contributed by atoms with E-state index in [-0.39, 0.29) is 6.42 Å². The van der Waals surface area contributed by atoms with Crippen molar-refractivity contribution in [2.75, 3.05) is 0 Å². The Hall–Kier alpha value is -2.29. The summed E-state index contributed by atoms with van der Waals surface area (Å²) in [6.45, 7) is 0. The topological polar surface area (TPSA) is 46.5 Å². The Morgan fingerprint density at radius 1 is 1.00 bits per heavy atom. The molecule has 1 aliphatic carbocycles. The van der Waals surface area contributed by atoms with E-state index in [4.69, 9.17) is 9.84 Å². The van der Waals surface area contributed by atoms with E-state index < -0.39 is 5.97 Å². The standard InChI is InChI=1S/C23H28O3/c24-23(25)12-5-4-7-18-13-15-19(16-14-18)20-8-6-11-22(17-20)26-21-9-2-1-3-10-21/h1-3,9-10,13-16,20,22H,4-8,11-12,17H2,(H,24,25)/t20-,22+/m1/s1. The van der Waals surface area contributed by atoms with Crippen LogP contribution in [0.2, 0.25) is 0 Å². The minimum atomic E-state index is -0.704. The van der Waals surface area contributed by atoms with Gasteiger partial charge in [-0.2, -0.15) is 0 Å². The molecule has 0 radical (unpaired) electrons. The first kappa shape index (κ1) is 18.5. The summed E-state index contributed by atoms with van der Waals surface area (Å²) in [7, 11) is 0. The number of carbonyl (C=O) groups is 1. The van der Waals surface area contributed by atoms with Gasteiger partial charge in [-0.25, -0.2) is 0 Å². The third kappa shape index (κ3) is 5.62. The normalized spacial score (nSPS) is 19.8. The molecular weight excluding hydrogens is 324 g/mol. The summed E-state index contributed by atoms with van der Waals surface area (Å²) in [5.41, 5.74) is 2.70. The average molecular weight is 352 g/mol. The van der Waals surface area contributed by atoms with Crippen molar-refractivity contribution in [1.82, 2.24) is 0 Å². The highest BCUT2D eigenvalue weighted by Gasteiger charge is 2.24. The minimum Gasteiger partial charge on any atom is -0.490 e. The molecule has 0 unspecified atom stereocenters. The first-order valence-corrected chi connectivity index (χ1v) is 9.73. The molecule has 3 rings (SSSR count). The molecule has 0 saturated heterocycles. The number of carboxylic acids is 1. The van der Waals surface area contributed by atoms with E-state index in [2.05, 4.69) is 24.3 Å². The van der Waals surface area contributed by atoms with Gasteiger partial charge in [-0.15, -0.1) is 0 Å². The molecule has 1 saturated carbocycles. The average Bonchev–Trinajstić information content (AvgIpc) is 2.67. The number of ether oxygens (including phenoxy) is 1. The summed E-state index contributed by atoms with van der Waals surface area (Å²) in [6, 6.07) is 19.0. The molecule has 0 amide bonds. The number of aryl methyl sites for hydroxylation is 1. The van der Waals surface area contributed by atoms with Gasteiger partial charge in [0.15, 0.2) is 0 Å². The van der Waals surface area contributed by atoms with Gasteiger partial charge in [0.1, 0.15) is 5.75 Å². The number of hydrogen-bond donors (Lipinski definition) is 1. The van der Waals surface area contributed by atoms with E-state index in [9.17, 15) is 4.79 Å². The van der Waals surface area contributed by atoms with Crippen molar-refractivity contribution >= 4 is 5.97 Å². The molecular formula is C23H28O3. The maximum Gasteiger partial charge on any atom is 0.303 e. The quantitative estimate of drug-likeness (QED) is 0.630. The summed E-state index contributed by atoms with van der Waals surface area (Å²) in [4.78, 5) is 10.6. The summed E-state index contributed by atoms with van der Waals surface area (Å²) in [5.74, 6) is 0.832. The molecule has 2 atom stereocenters. The molecule has 3 nitrogen and oxygen atoms in total. The van der Waals surface area contributed by atoms with Crippen LogP contribution in [0.3, 0.4) is 0 Å². The fourth-order valence-electron chi connectivity index (χ4n) is 3.81. The van der Waals surface area contributed by atoms with Gasteiger partial charge in [0.05, 0.1) is 6.10 Å². The molecule has 3 heteroatoms. The largest absolute Gasteiger partial charge is 0.490 e. The Bertz CT molecular complexity index is 678. The zero-order valence-electron chi connectivity index (χ0n) is 15.3. The second kappa shape index (κ2) is 9.42. The van der Waals surface area contributed by atoms with Gasteiger partial charge < -0.3 is 9.84 Å². The zero-order chi connectivity index (χ0) is 18.2. The maximum atomic E-state index is 10.6. The van der Waals surface area contributed by atoms with E-state index in [1.165, 1.54) is 24.0 Å². The maximum absolute atomic E-state index is 10.6. The highest BCUT2D eigenvalue weighted by Crippen LogP contribution is 2.35. The van der Waals surface area contributed by atoms with Crippen LogP contribution in [0.1, 0.15) is 62.0 Å². The van der Waals surface area contributed by atoms with Gasteiger partial charge in [0.25, 0.3) is 0 Å². The molecule has 0 spiro atoms. The third-order valence-corrected chi connectivity index (χ3v) is 5.23. The SMILES string of the molecule is O=C(O)CCCCc1ccc([C@@H]2CCC[C@H](Oc3ccccc3)C2)cc1. The lowest BCUT2D eigenvalue weighted by Crippen LogP contribution is -2.24. The number of rotatable bonds is 8. The van der Waals surface area contributed by atoms with Crippen LogP contribution < -0.4 is 4.74 Å². The van der Waals surface area contributed by atoms with Crippen molar-refractivity contribution < 1.29 is 14.6 Å². The van der Waals surface area contributed by atoms with Crippen molar-refractivity contribution in [2.45, 2.75) is 63.4 Å². The van der Waals surface area contributed by atoms with E-state index in [1.807, 2.05) is 30.3 Å². The highest BCUT2D eigenvalue weighted by atomic mass is 16.5. The van der Waals surface area contributed by atoms with E-state index >= 15 is 0 Å². The Balaban J connectivity index is 1.51. The molecule has 1 aliphatic rings. The van der Waals surface area contributed by atoms with Gasteiger partial charge in [-0.05, 0) is 74.1 Å². The second-order valence-electron chi connectivity index (χ2n) is 7.26. The molecule has 1 fully saturated rings. The van der Waals surface area contributed by atoms with Crippen LogP contribution >= 0.6 is 0 Å². The predicted molar refractivity (Wildman–Crippen MR) is 104 cm³/mol. The smallest absolute Gasteiger partial charge is 0.303 e. The lowest BCUT2D eigenvalue weighted by atomic mass is 9.82. The van der Waals surface area contributed by atoms with Crippen molar-refractivity contribution in [3.8, 4) is 5.75 Å². The number of hydrogen-bond acceptors (Lipinski definition) is 2. The van der Waals surface area contributed by atoms with Crippen molar-refractivity contribution in [3.63, 3.8) is 0 Å². The molecule has 138 valence electrons. The van der Waals surface area contributed by atoms with E-state index in [0.29, 0.717) is 12.0 Å². The number of unbranched alkanes of at least 4 members (excludes halogenated alkanes) is 1. The number of carboxylic acid groups (broad SMARTS) is 1. The first-order chi connectivity index (χ1) is 12.7. The molecule has 0 aromatic heterocycles. The highest BCUT2D eigenvalue weighted by molar-refractivity contribution is 5.66. The van der Waals surface area contributed by atoms with Crippen LogP contribution in [0.5, 0.6) is 5.75 Å². The third-order valence-electron chi connectivity index (χ3n) is 5.23. The van der Waals surface area contributed by atoms with Gasteiger partial charge in [0, 0.05) is 6.42 Å². The van der Waals surface area contributed by atoms with Crippen molar-refractivity contribution in [2.24, 2.45) is 0 Å². The summed E-state index contributed by atoms with van der Waals surface area (Å²) in [6.07, 6.45) is 7.85. The number of para-hydroxylation sites is 1. The van der Waals surface area contributed by atoms with Crippen LogP contribution in [0.25, 0.3) is 0 Å². The van der Waals surface area contributed by atoms with Crippen LogP contribution in [0.15, 0.2) is 54.6 Å². The summed E-state index contributed by atoms with van der Waals surface area (Å²) in [5, 5.41) is 8.70. The summed E-state index contributed by atoms with van der Waals surface area (Å²) < 4.78 is 6.17. The Morgan fingerprint density at radius 3 is 2.50 bits per heavy atom. The van der Waals surface area contributed by atoms with Crippen LogP contribution in [0, 0.1) is 0 Å². The van der Waals surface area contributed by atoms with Gasteiger partial charge in [0.2, 0.25) is 0 Å². The molecule has 26 heavy (non-hydrogen) atoms. The van der Waals surface area contributed by atoms with Crippen LogP contribution in [0.4, 0.5) is 0 Å². The van der Waals surface area contributed by atoms with Gasteiger partial charge in [-0.3, -0.25) is 4.79 Å². The number of aliphatic carboxylic acids is 1. The Labute approximate surface area is 156 Å². The van der Waals surface area contributed by atoms with Crippen molar-refractivity contribution in [3.05, 3.63) is 65.7 Å². The van der Waals surface area contributed by atoms with E-state index in [0.717, 1.165) is 37.9 Å². The zero-order valence-corrected chi connectivity index (χ0v) is 15.3. The Morgan fingerprint density at radius 2 is 1.77 bits per heavy atom. The minimum absolute atomic E-state index is 0.267. The molecule has 2 aromatic carbocycles. The van der Waals surface area contributed by atoms with Crippen molar-refractivity contribution in [1.29, 1.82) is 0 Å². The lowest BCUT2D eigenvalue weighted by molar-refractivity contribution is -0.137. The lowest BCUT2D eigenvalue weighted by Gasteiger charge is -2.30. The molecule has 2 aromatic rings. The van der Waals surface area contributed by atoms with Crippen LogP contribution in [-0.4, -0.2) is 17.2 Å². The molecule has 0 aliphatic heterocycles. The van der Waals surface area contributed by atoms with Gasteiger partial charge >= 0.3 is 5.97 Å². The molecule has 1 N–H and O–H groups in total. The second-order valence-corrected chi connectivity index (χ2v) is 7.26. The molecule has 0 heterocycles. The monoisotopic (exact) mass is 352 g/mol. The first-order valence-electron chi connectivity index (χ1n) is 9.73. The molecule has 0 bridgehead atoms. The Kier molecular flexibility index (Phi) is 6.70. The van der Waals surface area contributed by atoms with Gasteiger partial charge in [-0.1, -0.05) is 42.5 Å². The predicted octanol–water partition coefficient (Wildman–Crippen LogP) is 5.59. The van der Waals surface area contributed by atoms with E-state index in [1.54, 1.807) is 0 Å². The summed E-state index contributed by atoms with van der Waals surface area (Å²) >= 11 is 0. The van der Waals surface area contributed by atoms with Crippen LogP contribution in [-0.2, 0) is 11.2 Å². The fraction of sp³-hybridized carbons (Fsp3) is 0.435.